The highest BCUT2D eigenvalue weighted by atomic mass is 16.4. The van der Waals surface area contributed by atoms with E-state index < -0.39 is 72.1 Å². The van der Waals surface area contributed by atoms with Crippen LogP contribution in [0.25, 0.3) is 0 Å². The molecule has 4 atom stereocenters. The summed E-state index contributed by atoms with van der Waals surface area (Å²) in [5.41, 5.74) is 11.9. The number of hydrogen-bond donors (Lipinski definition) is 7. The average Bonchev–Trinajstić information content (AvgIpc) is 2.79. The van der Waals surface area contributed by atoms with Gasteiger partial charge in [-0.25, -0.2) is 4.79 Å². The van der Waals surface area contributed by atoms with E-state index in [1.165, 1.54) is 0 Å². The van der Waals surface area contributed by atoms with Crippen LogP contribution >= 0.6 is 0 Å². The summed E-state index contributed by atoms with van der Waals surface area (Å²) in [6.07, 6.45) is -1.09. The van der Waals surface area contributed by atoms with Crippen LogP contribution < -0.4 is 27.4 Å². The first-order valence-corrected chi connectivity index (χ1v) is 11.2. The van der Waals surface area contributed by atoms with E-state index in [4.69, 9.17) is 16.6 Å². The molecule has 4 unspecified atom stereocenters. The average molecular weight is 508 g/mol. The van der Waals surface area contributed by atoms with E-state index in [0.717, 1.165) is 5.56 Å². The van der Waals surface area contributed by atoms with E-state index in [9.17, 15) is 33.9 Å². The Kier molecular flexibility index (Phi) is 12.0. The second-order valence-corrected chi connectivity index (χ2v) is 8.59. The van der Waals surface area contributed by atoms with Gasteiger partial charge in [0.15, 0.2) is 0 Å². The Morgan fingerprint density at radius 2 is 1.44 bits per heavy atom. The van der Waals surface area contributed by atoms with Crippen molar-refractivity contribution in [3.8, 4) is 0 Å². The number of nitrogens with two attached hydrogens (primary N) is 2. The Morgan fingerprint density at radius 1 is 0.861 bits per heavy atom. The normalized spacial score (nSPS) is 14.1. The van der Waals surface area contributed by atoms with E-state index >= 15 is 0 Å². The third kappa shape index (κ3) is 10.5. The van der Waals surface area contributed by atoms with Crippen LogP contribution in [0.1, 0.15) is 38.7 Å². The smallest absolute Gasteiger partial charge is 0.326 e. The van der Waals surface area contributed by atoms with Gasteiger partial charge >= 0.3 is 11.9 Å². The Hall–Kier alpha value is -4.00. The molecule has 1 aromatic rings. The highest BCUT2D eigenvalue weighted by molar-refractivity contribution is 5.95. The maximum atomic E-state index is 13.0. The van der Waals surface area contributed by atoms with Gasteiger partial charge in [-0.15, -0.1) is 0 Å². The van der Waals surface area contributed by atoms with Gasteiger partial charge < -0.3 is 37.6 Å². The van der Waals surface area contributed by atoms with Crippen molar-refractivity contribution in [1.29, 1.82) is 0 Å². The molecule has 0 bridgehead atoms. The van der Waals surface area contributed by atoms with Gasteiger partial charge in [-0.1, -0.05) is 44.2 Å². The fourth-order valence-electron chi connectivity index (χ4n) is 3.22. The fraction of sp³-hybridized carbons (Fsp3) is 0.478. The lowest BCUT2D eigenvalue weighted by Gasteiger charge is -2.27. The van der Waals surface area contributed by atoms with E-state index in [1.807, 2.05) is 0 Å². The number of nitrogens with one attached hydrogen (secondary N) is 3. The summed E-state index contributed by atoms with van der Waals surface area (Å²) >= 11 is 0. The monoisotopic (exact) mass is 507 g/mol. The van der Waals surface area contributed by atoms with Gasteiger partial charge in [-0.05, 0) is 24.3 Å². The number of hydrogen-bond acceptors (Lipinski definition) is 7. The molecule has 1 aromatic carbocycles. The third-order valence-electron chi connectivity index (χ3n) is 5.19. The maximum Gasteiger partial charge on any atom is 0.326 e. The van der Waals surface area contributed by atoms with E-state index in [2.05, 4.69) is 16.0 Å². The summed E-state index contributed by atoms with van der Waals surface area (Å²) < 4.78 is 0. The standard InChI is InChI=1S/C23H33N5O8/c1-12(2)19(22(34)27-16(23(35)36)11-18(30)31)28-21(33)15(8-9-17(25)29)26-20(32)14(24)10-13-6-4-3-5-7-13/h3-7,12,14-16,19H,8-11,24H2,1-2H3,(H2,25,29)(H,26,32)(H,27,34)(H,28,33)(H,30,31)(H,35,36). The fourth-order valence-corrected chi connectivity index (χ4v) is 3.22. The number of primary amides is 1. The van der Waals surface area contributed by atoms with E-state index in [-0.39, 0.29) is 19.3 Å². The van der Waals surface area contributed by atoms with Crippen LogP contribution in [0.4, 0.5) is 0 Å². The lowest BCUT2D eigenvalue weighted by atomic mass is 10.0. The zero-order valence-electron chi connectivity index (χ0n) is 20.1. The molecule has 36 heavy (non-hydrogen) atoms. The van der Waals surface area contributed by atoms with E-state index in [0.29, 0.717) is 0 Å². The second-order valence-electron chi connectivity index (χ2n) is 8.59. The number of carboxylic acid groups (broad SMARTS) is 2. The molecule has 198 valence electrons. The zero-order valence-corrected chi connectivity index (χ0v) is 20.1. The first-order chi connectivity index (χ1) is 16.8. The second kappa shape index (κ2) is 14.4. The molecule has 4 amide bonds. The topological polar surface area (TPSA) is 231 Å². The first kappa shape index (κ1) is 30.0. The number of aliphatic carboxylic acids is 2. The van der Waals surface area contributed by atoms with Gasteiger partial charge in [0, 0.05) is 6.42 Å². The molecular formula is C23H33N5O8. The minimum atomic E-state index is -1.71. The summed E-state index contributed by atoms with van der Waals surface area (Å²) in [7, 11) is 0. The number of benzene rings is 1. The minimum absolute atomic E-state index is 0.172. The van der Waals surface area contributed by atoms with Gasteiger partial charge in [0.2, 0.25) is 23.6 Å². The molecule has 0 fully saturated rings. The third-order valence-corrected chi connectivity index (χ3v) is 5.19. The van der Waals surface area contributed by atoms with Crippen molar-refractivity contribution in [2.75, 3.05) is 0 Å². The van der Waals surface area contributed by atoms with Crippen molar-refractivity contribution in [3.05, 3.63) is 35.9 Å². The molecule has 13 nitrogen and oxygen atoms in total. The molecule has 1 rings (SSSR count). The molecule has 0 heterocycles. The van der Waals surface area contributed by atoms with Gasteiger partial charge in [-0.2, -0.15) is 0 Å². The van der Waals surface area contributed by atoms with Gasteiger partial charge in [0.25, 0.3) is 0 Å². The molecule has 9 N–H and O–H groups in total. The molecule has 0 radical (unpaired) electrons. The highest BCUT2D eigenvalue weighted by Crippen LogP contribution is 2.08. The lowest BCUT2D eigenvalue weighted by molar-refractivity contribution is -0.147. The highest BCUT2D eigenvalue weighted by Gasteiger charge is 2.32. The SMILES string of the molecule is CC(C)C(NC(=O)C(CCC(N)=O)NC(=O)C(N)Cc1ccccc1)C(=O)NC(CC(=O)O)C(=O)O. The largest absolute Gasteiger partial charge is 0.481 e. The molecule has 0 aliphatic heterocycles. The van der Waals surface area contributed by atoms with Crippen molar-refractivity contribution in [2.45, 2.75) is 63.7 Å². The minimum Gasteiger partial charge on any atom is -0.481 e. The summed E-state index contributed by atoms with van der Waals surface area (Å²) in [6, 6.07) is 3.69. The molecule has 0 aliphatic rings. The number of carboxylic acids is 2. The quantitative estimate of drug-likeness (QED) is 0.146. The lowest BCUT2D eigenvalue weighted by Crippen LogP contribution is -2.58. The summed E-state index contributed by atoms with van der Waals surface area (Å²) in [5.74, 6) is -6.66. The van der Waals surface area contributed by atoms with Gasteiger partial charge in [-0.3, -0.25) is 24.0 Å². The summed E-state index contributed by atoms with van der Waals surface area (Å²) in [6.45, 7) is 3.15. The van der Waals surface area contributed by atoms with Crippen LogP contribution in [-0.2, 0) is 35.2 Å². The predicted octanol–water partition coefficient (Wildman–Crippen LogP) is -1.51. The van der Waals surface area contributed by atoms with Crippen LogP contribution in [0.5, 0.6) is 0 Å². The van der Waals surface area contributed by atoms with Crippen molar-refractivity contribution in [1.82, 2.24) is 16.0 Å². The molecule has 0 saturated heterocycles. The van der Waals surface area contributed by atoms with Crippen LogP contribution in [-0.4, -0.2) is 69.9 Å². The molecule has 0 aliphatic carbocycles. The Bertz CT molecular complexity index is 953. The van der Waals surface area contributed by atoms with Crippen molar-refractivity contribution < 1.29 is 39.0 Å². The van der Waals surface area contributed by atoms with Crippen molar-refractivity contribution >= 4 is 35.6 Å². The van der Waals surface area contributed by atoms with Crippen LogP contribution in [0.2, 0.25) is 0 Å². The Balaban J connectivity index is 2.96. The summed E-state index contributed by atoms with van der Waals surface area (Å²) in [4.78, 5) is 71.8. The van der Waals surface area contributed by atoms with Gasteiger partial charge in [0.05, 0.1) is 12.5 Å². The van der Waals surface area contributed by atoms with Crippen LogP contribution in [0.15, 0.2) is 30.3 Å². The number of carbonyl (C=O) groups is 6. The zero-order chi connectivity index (χ0) is 27.4. The molecule has 13 heteroatoms. The number of rotatable bonds is 15. The maximum absolute atomic E-state index is 13.0. The molecular weight excluding hydrogens is 474 g/mol. The molecule has 0 aromatic heterocycles. The predicted molar refractivity (Wildman–Crippen MR) is 127 cm³/mol. The number of amides is 4. The van der Waals surface area contributed by atoms with Crippen molar-refractivity contribution in [3.63, 3.8) is 0 Å². The summed E-state index contributed by atoms with van der Waals surface area (Å²) in [5, 5.41) is 25.0. The Morgan fingerprint density at radius 3 is 1.94 bits per heavy atom. The molecule has 0 spiro atoms. The van der Waals surface area contributed by atoms with Crippen LogP contribution in [0, 0.1) is 5.92 Å². The van der Waals surface area contributed by atoms with Gasteiger partial charge in [0.1, 0.15) is 18.1 Å². The van der Waals surface area contributed by atoms with E-state index in [1.54, 1.807) is 44.2 Å². The first-order valence-electron chi connectivity index (χ1n) is 11.2. The van der Waals surface area contributed by atoms with Crippen molar-refractivity contribution in [2.24, 2.45) is 17.4 Å². The van der Waals surface area contributed by atoms with Crippen LogP contribution in [0.3, 0.4) is 0 Å². The number of carbonyl (C=O) groups excluding carboxylic acids is 4. The molecule has 0 saturated carbocycles. The Labute approximate surface area is 208 Å².